The van der Waals surface area contributed by atoms with Crippen molar-refractivity contribution in [1.82, 2.24) is 0 Å². The Morgan fingerprint density at radius 3 is 2.67 bits per heavy atom. The van der Waals surface area contributed by atoms with Crippen LogP contribution in [0.2, 0.25) is 5.02 Å². The van der Waals surface area contributed by atoms with E-state index in [0.717, 1.165) is 0 Å². The highest BCUT2D eigenvalue weighted by atomic mass is 79.9. The maximum Gasteiger partial charge on any atom is 0.299 e. The molecule has 0 aliphatic carbocycles. The predicted octanol–water partition coefficient (Wildman–Crippen LogP) is 3.97. The van der Waals surface area contributed by atoms with Crippen LogP contribution in [-0.4, -0.2) is 11.7 Å². The number of nitrogens with zero attached hydrogens (tertiary/aromatic N) is 1. The van der Waals surface area contributed by atoms with Crippen LogP contribution >= 0.6 is 27.5 Å². The lowest BCUT2D eigenvalue weighted by molar-refractivity contribution is -0.114. The Kier molecular flexibility index (Phi) is 3.55. The maximum absolute atomic E-state index is 13.9. The molecule has 0 radical (unpaired) electrons. The lowest BCUT2D eigenvalue weighted by Gasteiger charge is -2.18. The third-order valence-corrected chi connectivity index (χ3v) is 4.08. The topological polar surface area (TPSA) is 37.4 Å². The summed E-state index contributed by atoms with van der Waals surface area (Å²) < 4.78 is 14.5. The highest BCUT2D eigenvalue weighted by Crippen LogP contribution is 2.36. The average molecular weight is 369 g/mol. The molecule has 3 rings (SSSR count). The van der Waals surface area contributed by atoms with Gasteiger partial charge >= 0.3 is 0 Å². The summed E-state index contributed by atoms with van der Waals surface area (Å²) in [4.78, 5) is 25.2. The molecule has 0 N–H and O–H groups in total. The fraction of sp³-hybridized carbons (Fsp3) is 0.0667. The quantitative estimate of drug-likeness (QED) is 0.752. The second-order valence-corrected chi connectivity index (χ2v) is 5.92. The molecule has 1 aliphatic rings. The van der Waals surface area contributed by atoms with Crippen molar-refractivity contribution in [2.45, 2.75) is 6.54 Å². The first kappa shape index (κ1) is 14.2. The van der Waals surface area contributed by atoms with Gasteiger partial charge in [-0.3, -0.25) is 14.5 Å². The van der Waals surface area contributed by atoms with Crippen molar-refractivity contribution in [2.24, 2.45) is 0 Å². The summed E-state index contributed by atoms with van der Waals surface area (Å²) in [7, 11) is 0. The van der Waals surface area contributed by atoms with Gasteiger partial charge in [-0.15, -0.1) is 0 Å². The first-order valence-electron chi connectivity index (χ1n) is 6.07. The minimum absolute atomic E-state index is 0.0413. The van der Waals surface area contributed by atoms with Crippen LogP contribution in [-0.2, 0) is 11.3 Å². The molecule has 1 heterocycles. The van der Waals surface area contributed by atoms with Crippen LogP contribution in [0.4, 0.5) is 10.1 Å². The Morgan fingerprint density at radius 2 is 1.95 bits per heavy atom. The first-order chi connectivity index (χ1) is 9.99. The van der Waals surface area contributed by atoms with Crippen LogP contribution < -0.4 is 4.90 Å². The number of ketones is 1. The van der Waals surface area contributed by atoms with E-state index >= 15 is 0 Å². The third kappa shape index (κ3) is 2.36. The zero-order valence-corrected chi connectivity index (χ0v) is 12.9. The molecule has 1 aliphatic heterocycles. The Bertz CT molecular complexity index is 778. The third-order valence-electron chi connectivity index (χ3n) is 3.28. The van der Waals surface area contributed by atoms with Crippen LogP contribution in [0.15, 0.2) is 40.9 Å². The highest BCUT2D eigenvalue weighted by molar-refractivity contribution is 9.10. The van der Waals surface area contributed by atoms with Gasteiger partial charge < -0.3 is 0 Å². The predicted molar refractivity (Wildman–Crippen MR) is 81.1 cm³/mol. The van der Waals surface area contributed by atoms with Crippen molar-refractivity contribution in [3.63, 3.8) is 0 Å². The molecule has 106 valence electrons. The van der Waals surface area contributed by atoms with E-state index in [2.05, 4.69) is 15.9 Å². The van der Waals surface area contributed by atoms with Crippen molar-refractivity contribution < 1.29 is 14.0 Å². The normalized spacial score (nSPS) is 13.8. The fourth-order valence-electron chi connectivity index (χ4n) is 2.28. The maximum atomic E-state index is 13.9. The van der Waals surface area contributed by atoms with E-state index in [4.69, 9.17) is 11.6 Å². The lowest BCUT2D eigenvalue weighted by atomic mass is 10.1. The molecule has 0 unspecified atom stereocenters. The van der Waals surface area contributed by atoms with E-state index in [1.165, 1.54) is 11.0 Å². The molecule has 0 fully saturated rings. The van der Waals surface area contributed by atoms with Gasteiger partial charge in [-0.1, -0.05) is 39.7 Å². The van der Waals surface area contributed by atoms with Gasteiger partial charge in [0, 0.05) is 10.0 Å². The number of hydrogen-bond acceptors (Lipinski definition) is 2. The van der Waals surface area contributed by atoms with Gasteiger partial charge in [-0.25, -0.2) is 4.39 Å². The van der Waals surface area contributed by atoms with Gasteiger partial charge in [0.05, 0.1) is 22.8 Å². The van der Waals surface area contributed by atoms with Crippen LogP contribution in [0, 0.1) is 5.82 Å². The summed E-state index contributed by atoms with van der Waals surface area (Å²) in [6.45, 7) is -0.0413. The number of halogens is 3. The zero-order valence-electron chi connectivity index (χ0n) is 10.6. The molecular weight excluding hydrogens is 361 g/mol. The second-order valence-electron chi connectivity index (χ2n) is 4.59. The van der Waals surface area contributed by atoms with E-state index in [0.29, 0.717) is 20.7 Å². The molecule has 0 saturated heterocycles. The van der Waals surface area contributed by atoms with Gasteiger partial charge in [0.1, 0.15) is 5.82 Å². The molecule has 0 aromatic heterocycles. The lowest BCUT2D eigenvalue weighted by Crippen LogP contribution is -2.29. The van der Waals surface area contributed by atoms with Crippen LogP contribution in [0.25, 0.3) is 0 Å². The van der Waals surface area contributed by atoms with E-state index in [-0.39, 0.29) is 12.1 Å². The van der Waals surface area contributed by atoms with Gasteiger partial charge in [0.25, 0.3) is 11.7 Å². The Hall–Kier alpha value is -1.72. The zero-order chi connectivity index (χ0) is 15.1. The number of anilines is 1. The summed E-state index contributed by atoms with van der Waals surface area (Å²) in [5.41, 5.74) is 0.911. The molecule has 3 nitrogen and oxygen atoms in total. The standard InChI is InChI=1S/C15H8BrClFNO2/c16-9-5-4-8(12(18)6-9)7-19-13-10(14(20)15(19)21)2-1-3-11(13)17/h1-6H,7H2. The van der Waals surface area contributed by atoms with E-state index in [1.807, 2.05) is 0 Å². The highest BCUT2D eigenvalue weighted by Gasteiger charge is 2.37. The number of hydrogen-bond donors (Lipinski definition) is 0. The summed E-state index contributed by atoms with van der Waals surface area (Å²) in [5.74, 6) is -1.77. The summed E-state index contributed by atoms with van der Waals surface area (Å²) in [5, 5.41) is 0.296. The van der Waals surface area contributed by atoms with Crippen molar-refractivity contribution in [1.29, 1.82) is 0 Å². The molecule has 21 heavy (non-hydrogen) atoms. The number of fused-ring (bicyclic) bond motifs is 1. The molecule has 2 aromatic carbocycles. The van der Waals surface area contributed by atoms with E-state index in [1.54, 1.807) is 30.3 Å². The van der Waals surface area contributed by atoms with E-state index < -0.39 is 17.5 Å². The molecular formula is C15H8BrClFNO2. The van der Waals surface area contributed by atoms with Gasteiger partial charge in [0.2, 0.25) is 0 Å². The summed E-state index contributed by atoms with van der Waals surface area (Å²) in [6.07, 6.45) is 0. The van der Waals surface area contributed by atoms with Crippen LogP contribution in [0.1, 0.15) is 15.9 Å². The van der Waals surface area contributed by atoms with Gasteiger partial charge in [-0.2, -0.15) is 0 Å². The minimum atomic E-state index is -0.694. The minimum Gasteiger partial charge on any atom is -0.299 e. The number of amides is 1. The number of Topliss-reactive ketones (excluding diaryl/α,β-unsaturated/α-hetero) is 1. The Morgan fingerprint density at radius 1 is 1.19 bits per heavy atom. The Labute approximate surface area is 133 Å². The molecule has 6 heteroatoms. The largest absolute Gasteiger partial charge is 0.299 e. The number of carbonyl (C=O) groups is 2. The monoisotopic (exact) mass is 367 g/mol. The van der Waals surface area contributed by atoms with E-state index in [9.17, 15) is 14.0 Å². The average Bonchev–Trinajstić information content (AvgIpc) is 2.68. The molecule has 0 atom stereocenters. The molecule has 2 aromatic rings. The number of para-hydroxylation sites is 1. The molecule has 1 amide bonds. The fourth-order valence-corrected chi connectivity index (χ4v) is 2.89. The van der Waals surface area contributed by atoms with Crippen LogP contribution in [0.5, 0.6) is 0 Å². The number of rotatable bonds is 2. The molecule has 0 bridgehead atoms. The SMILES string of the molecule is O=C1C(=O)N(Cc2ccc(Br)cc2F)c2c(Cl)cccc21. The second kappa shape index (κ2) is 5.24. The number of benzene rings is 2. The van der Waals surface area contributed by atoms with Gasteiger partial charge in [0.15, 0.2) is 0 Å². The van der Waals surface area contributed by atoms with Crippen molar-refractivity contribution in [2.75, 3.05) is 4.90 Å². The number of carbonyl (C=O) groups excluding carboxylic acids is 2. The van der Waals surface area contributed by atoms with Crippen molar-refractivity contribution in [3.8, 4) is 0 Å². The van der Waals surface area contributed by atoms with Crippen LogP contribution in [0.3, 0.4) is 0 Å². The smallest absolute Gasteiger partial charge is 0.299 e. The van der Waals surface area contributed by atoms with Gasteiger partial charge in [-0.05, 0) is 24.3 Å². The summed E-state index contributed by atoms with van der Waals surface area (Å²) >= 11 is 9.25. The summed E-state index contributed by atoms with van der Waals surface area (Å²) in [6, 6.07) is 9.29. The Balaban J connectivity index is 2.04. The van der Waals surface area contributed by atoms with Crippen molar-refractivity contribution in [3.05, 3.63) is 62.8 Å². The molecule has 0 saturated carbocycles. The molecule has 0 spiro atoms. The first-order valence-corrected chi connectivity index (χ1v) is 7.25. The van der Waals surface area contributed by atoms with Crippen molar-refractivity contribution >= 4 is 44.9 Å².